The summed E-state index contributed by atoms with van der Waals surface area (Å²) >= 11 is 1.57. The molecule has 0 aliphatic rings. The van der Waals surface area contributed by atoms with Crippen molar-refractivity contribution in [2.45, 2.75) is 19.4 Å². The van der Waals surface area contributed by atoms with E-state index in [1.165, 1.54) is 17.7 Å². The predicted octanol–water partition coefficient (Wildman–Crippen LogP) is 4.64. The van der Waals surface area contributed by atoms with E-state index in [-0.39, 0.29) is 17.8 Å². The summed E-state index contributed by atoms with van der Waals surface area (Å²) in [7, 11) is 0. The molecule has 24 heavy (non-hydrogen) atoms. The Bertz CT molecular complexity index is 795. The van der Waals surface area contributed by atoms with E-state index in [2.05, 4.69) is 5.32 Å². The first-order valence-electron chi connectivity index (χ1n) is 7.75. The number of carbonyl (C=O) groups excluding carboxylic acids is 1. The first-order valence-corrected chi connectivity index (χ1v) is 8.63. The summed E-state index contributed by atoms with van der Waals surface area (Å²) in [6.45, 7) is 2.02. The molecule has 0 saturated heterocycles. The fourth-order valence-corrected chi connectivity index (χ4v) is 3.34. The van der Waals surface area contributed by atoms with Gasteiger partial charge in [-0.05, 0) is 41.6 Å². The molecule has 3 rings (SSSR count). The quantitative estimate of drug-likeness (QED) is 0.720. The largest absolute Gasteiger partial charge is 0.344 e. The molecule has 4 heteroatoms. The minimum Gasteiger partial charge on any atom is -0.344 e. The Morgan fingerprint density at radius 2 is 1.79 bits per heavy atom. The van der Waals surface area contributed by atoms with E-state index in [0.29, 0.717) is 6.42 Å². The molecule has 122 valence electrons. The van der Waals surface area contributed by atoms with Gasteiger partial charge in [-0.15, -0.1) is 11.3 Å². The highest BCUT2D eigenvalue weighted by molar-refractivity contribution is 7.10. The average molecular weight is 339 g/mol. The summed E-state index contributed by atoms with van der Waals surface area (Å²) in [5.41, 5.74) is 3.01. The smallest absolute Gasteiger partial charge is 0.225 e. The molecule has 1 heterocycles. The minimum absolute atomic E-state index is 0.0541. The fraction of sp³-hybridized carbons (Fsp3) is 0.150. The minimum atomic E-state index is -0.283. The Morgan fingerprint density at radius 1 is 1.08 bits per heavy atom. The summed E-state index contributed by atoms with van der Waals surface area (Å²) < 4.78 is 13.2. The lowest BCUT2D eigenvalue weighted by molar-refractivity contribution is -0.120. The molecule has 3 aromatic rings. The Morgan fingerprint density at radius 3 is 2.42 bits per heavy atom. The number of hydrogen-bond acceptors (Lipinski definition) is 2. The predicted molar refractivity (Wildman–Crippen MR) is 95.6 cm³/mol. The van der Waals surface area contributed by atoms with Gasteiger partial charge in [-0.1, -0.05) is 48.0 Å². The molecular weight excluding hydrogens is 321 g/mol. The van der Waals surface area contributed by atoms with Crippen LogP contribution in [0.5, 0.6) is 0 Å². The lowest BCUT2D eigenvalue weighted by Crippen LogP contribution is -2.30. The van der Waals surface area contributed by atoms with Crippen LogP contribution >= 0.6 is 11.3 Å². The van der Waals surface area contributed by atoms with Crippen molar-refractivity contribution in [2.24, 2.45) is 0 Å². The Labute approximate surface area is 145 Å². The van der Waals surface area contributed by atoms with Crippen molar-refractivity contribution in [1.82, 2.24) is 5.32 Å². The van der Waals surface area contributed by atoms with E-state index in [9.17, 15) is 9.18 Å². The Kier molecular flexibility index (Phi) is 5.06. The third-order valence-electron chi connectivity index (χ3n) is 3.82. The van der Waals surface area contributed by atoms with Crippen LogP contribution < -0.4 is 5.32 Å². The van der Waals surface area contributed by atoms with Gasteiger partial charge in [-0.2, -0.15) is 0 Å². The molecule has 1 unspecified atom stereocenters. The third kappa shape index (κ3) is 4.09. The number of carbonyl (C=O) groups is 1. The van der Waals surface area contributed by atoms with Gasteiger partial charge in [-0.25, -0.2) is 4.39 Å². The molecule has 0 saturated carbocycles. The van der Waals surface area contributed by atoms with Crippen molar-refractivity contribution in [3.8, 4) is 0 Å². The number of halogens is 1. The standard InChI is InChI=1S/C20H18FNOS/c1-14-4-6-15(7-5-14)13-19(23)22-20(18-3-2-12-24-18)16-8-10-17(21)11-9-16/h2-12,20H,13H2,1H3,(H,22,23). The van der Waals surface area contributed by atoms with Crippen LogP contribution in [0.2, 0.25) is 0 Å². The molecule has 0 spiro atoms. The molecular formula is C20H18FNOS. The van der Waals surface area contributed by atoms with Gasteiger partial charge >= 0.3 is 0 Å². The number of rotatable bonds is 5. The summed E-state index contributed by atoms with van der Waals surface area (Å²) in [5, 5.41) is 5.04. The molecule has 1 atom stereocenters. The number of amides is 1. The van der Waals surface area contributed by atoms with Gasteiger partial charge in [0.05, 0.1) is 12.5 Å². The normalized spacial score (nSPS) is 11.9. The van der Waals surface area contributed by atoms with Gasteiger partial charge in [0.2, 0.25) is 5.91 Å². The molecule has 1 aromatic heterocycles. The highest BCUT2D eigenvalue weighted by atomic mass is 32.1. The number of nitrogens with one attached hydrogen (secondary N) is 1. The van der Waals surface area contributed by atoms with Crippen molar-refractivity contribution in [3.05, 3.63) is 93.4 Å². The third-order valence-corrected chi connectivity index (χ3v) is 4.76. The molecule has 1 N–H and O–H groups in total. The number of hydrogen-bond donors (Lipinski definition) is 1. The highest BCUT2D eigenvalue weighted by Gasteiger charge is 2.18. The molecule has 0 radical (unpaired) electrons. The monoisotopic (exact) mass is 339 g/mol. The first kappa shape index (κ1) is 16.4. The first-order chi connectivity index (χ1) is 11.6. The number of benzene rings is 2. The molecule has 0 fully saturated rings. The van der Waals surface area contributed by atoms with Crippen LogP contribution in [0.3, 0.4) is 0 Å². The zero-order valence-electron chi connectivity index (χ0n) is 13.3. The lowest BCUT2D eigenvalue weighted by atomic mass is 10.0. The zero-order valence-corrected chi connectivity index (χ0v) is 14.1. The van der Waals surface area contributed by atoms with E-state index in [1.54, 1.807) is 23.5 Å². The van der Waals surface area contributed by atoms with E-state index in [4.69, 9.17) is 0 Å². The van der Waals surface area contributed by atoms with Gasteiger partial charge in [0.25, 0.3) is 0 Å². The maximum Gasteiger partial charge on any atom is 0.225 e. The molecule has 2 aromatic carbocycles. The maximum absolute atomic E-state index is 13.2. The van der Waals surface area contributed by atoms with Crippen LogP contribution in [-0.4, -0.2) is 5.91 Å². The lowest BCUT2D eigenvalue weighted by Gasteiger charge is -2.18. The van der Waals surface area contributed by atoms with Crippen LogP contribution in [0.1, 0.15) is 27.6 Å². The average Bonchev–Trinajstić information content (AvgIpc) is 3.10. The van der Waals surface area contributed by atoms with Crippen molar-refractivity contribution >= 4 is 17.2 Å². The zero-order chi connectivity index (χ0) is 16.9. The second-order valence-corrected chi connectivity index (χ2v) is 6.71. The van der Waals surface area contributed by atoms with Crippen LogP contribution in [-0.2, 0) is 11.2 Å². The van der Waals surface area contributed by atoms with Gasteiger partial charge in [0.1, 0.15) is 5.82 Å². The fourth-order valence-electron chi connectivity index (χ4n) is 2.53. The van der Waals surface area contributed by atoms with Crippen molar-refractivity contribution in [3.63, 3.8) is 0 Å². The molecule has 2 nitrogen and oxygen atoms in total. The Balaban J connectivity index is 1.77. The van der Waals surface area contributed by atoms with Crippen LogP contribution in [0.4, 0.5) is 4.39 Å². The van der Waals surface area contributed by atoms with E-state index < -0.39 is 0 Å². The summed E-state index contributed by atoms with van der Waals surface area (Å²) in [5.74, 6) is -0.337. The van der Waals surface area contributed by atoms with E-state index >= 15 is 0 Å². The number of aryl methyl sites for hydroxylation is 1. The van der Waals surface area contributed by atoms with Gasteiger partial charge in [-0.3, -0.25) is 4.79 Å². The summed E-state index contributed by atoms with van der Waals surface area (Å²) in [4.78, 5) is 13.5. The molecule has 0 aliphatic carbocycles. The van der Waals surface area contributed by atoms with Crippen molar-refractivity contribution in [1.29, 1.82) is 0 Å². The SMILES string of the molecule is Cc1ccc(CC(=O)NC(c2ccc(F)cc2)c2cccs2)cc1. The van der Waals surface area contributed by atoms with Gasteiger partial charge in [0.15, 0.2) is 0 Å². The van der Waals surface area contributed by atoms with Crippen molar-refractivity contribution < 1.29 is 9.18 Å². The second kappa shape index (κ2) is 7.41. The van der Waals surface area contributed by atoms with E-state index in [1.807, 2.05) is 48.7 Å². The van der Waals surface area contributed by atoms with Gasteiger partial charge < -0.3 is 5.32 Å². The van der Waals surface area contributed by atoms with Crippen molar-refractivity contribution in [2.75, 3.05) is 0 Å². The Hall–Kier alpha value is -2.46. The summed E-state index contributed by atoms with van der Waals surface area (Å²) in [6, 6.07) is 17.9. The second-order valence-electron chi connectivity index (χ2n) is 5.73. The maximum atomic E-state index is 13.2. The topological polar surface area (TPSA) is 29.1 Å². The van der Waals surface area contributed by atoms with Crippen LogP contribution in [0.25, 0.3) is 0 Å². The highest BCUT2D eigenvalue weighted by Crippen LogP contribution is 2.26. The molecule has 0 bridgehead atoms. The summed E-state index contributed by atoms with van der Waals surface area (Å²) in [6.07, 6.45) is 0.323. The van der Waals surface area contributed by atoms with Gasteiger partial charge in [0, 0.05) is 4.88 Å². The number of thiophene rings is 1. The van der Waals surface area contributed by atoms with E-state index in [0.717, 1.165) is 16.0 Å². The van der Waals surface area contributed by atoms with Crippen LogP contribution in [0, 0.1) is 12.7 Å². The molecule has 1 amide bonds. The molecule has 0 aliphatic heterocycles. The van der Waals surface area contributed by atoms with Crippen LogP contribution in [0.15, 0.2) is 66.0 Å².